The molecule has 3 nitrogen and oxygen atoms in total. The van der Waals surface area contributed by atoms with E-state index in [-0.39, 0.29) is 6.04 Å². The van der Waals surface area contributed by atoms with Gasteiger partial charge in [0.1, 0.15) is 0 Å². The molecular formula is C13H20ClN3. The zero-order valence-corrected chi connectivity index (χ0v) is 11.5. The molecule has 1 rings (SSSR count). The van der Waals surface area contributed by atoms with Crippen LogP contribution in [0.5, 0.6) is 0 Å². The number of nitrogens with zero attached hydrogens (tertiary/aromatic N) is 1. The average molecular weight is 254 g/mol. The van der Waals surface area contributed by atoms with Crippen LogP contribution in [0.25, 0.3) is 0 Å². The number of benzene rings is 1. The minimum absolute atomic E-state index is 0.228. The van der Waals surface area contributed by atoms with E-state index in [1.807, 2.05) is 38.1 Å². The second-order valence-electron chi connectivity index (χ2n) is 4.48. The van der Waals surface area contributed by atoms with Crippen molar-refractivity contribution in [1.82, 2.24) is 5.32 Å². The van der Waals surface area contributed by atoms with E-state index in [0.29, 0.717) is 11.1 Å². The zero-order chi connectivity index (χ0) is 12.8. The van der Waals surface area contributed by atoms with Crippen molar-refractivity contribution in [2.45, 2.75) is 39.8 Å². The molecule has 0 aliphatic heterocycles. The highest BCUT2D eigenvalue weighted by molar-refractivity contribution is 6.33. The van der Waals surface area contributed by atoms with Crippen LogP contribution in [0.3, 0.4) is 0 Å². The first-order valence-electron chi connectivity index (χ1n) is 5.85. The fraction of sp³-hybridized carbons (Fsp3) is 0.462. The van der Waals surface area contributed by atoms with Crippen LogP contribution in [0.15, 0.2) is 29.3 Å². The number of guanidine groups is 1. The summed E-state index contributed by atoms with van der Waals surface area (Å²) in [6.07, 6.45) is 0. The second kappa shape index (κ2) is 6.50. The lowest BCUT2D eigenvalue weighted by Gasteiger charge is -2.16. The quantitative estimate of drug-likeness (QED) is 0.639. The van der Waals surface area contributed by atoms with Crippen molar-refractivity contribution in [3.63, 3.8) is 0 Å². The number of aliphatic imine (C=N–C) groups is 1. The predicted octanol–water partition coefficient (Wildman–Crippen LogP) is 3.51. The number of hydrogen-bond acceptors (Lipinski definition) is 1. The molecule has 0 amide bonds. The van der Waals surface area contributed by atoms with Crippen LogP contribution in [0.2, 0.25) is 5.02 Å². The fourth-order valence-electron chi connectivity index (χ4n) is 1.33. The molecule has 0 heterocycles. The summed E-state index contributed by atoms with van der Waals surface area (Å²) < 4.78 is 0. The van der Waals surface area contributed by atoms with E-state index < -0.39 is 0 Å². The Hall–Kier alpha value is -1.22. The Morgan fingerprint density at radius 3 is 2.35 bits per heavy atom. The number of anilines is 1. The van der Waals surface area contributed by atoms with Gasteiger partial charge in [0.15, 0.2) is 5.96 Å². The molecule has 0 unspecified atom stereocenters. The highest BCUT2D eigenvalue weighted by Crippen LogP contribution is 2.20. The van der Waals surface area contributed by atoms with Crippen molar-refractivity contribution in [3.8, 4) is 0 Å². The molecule has 0 bridgehead atoms. The highest BCUT2D eigenvalue weighted by Gasteiger charge is 2.05. The Morgan fingerprint density at radius 1 is 1.18 bits per heavy atom. The van der Waals surface area contributed by atoms with E-state index in [1.165, 1.54) is 0 Å². The van der Waals surface area contributed by atoms with Crippen molar-refractivity contribution in [2.75, 3.05) is 5.32 Å². The zero-order valence-electron chi connectivity index (χ0n) is 10.8. The van der Waals surface area contributed by atoms with Gasteiger partial charge in [0.05, 0.1) is 10.7 Å². The molecule has 0 fully saturated rings. The standard InChI is InChI=1S/C13H20ClN3/c1-9(2)15-13(16-10(3)4)17-12-8-6-5-7-11(12)14/h5-10H,1-4H3,(H2,15,16,17). The number of nitrogens with one attached hydrogen (secondary N) is 2. The molecule has 94 valence electrons. The van der Waals surface area contributed by atoms with E-state index in [0.717, 1.165) is 11.6 Å². The minimum atomic E-state index is 0.228. The highest BCUT2D eigenvalue weighted by atomic mass is 35.5. The second-order valence-corrected chi connectivity index (χ2v) is 4.88. The van der Waals surface area contributed by atoms with Gasteiger partial charge in [0.2, 0.25) is 0 Å². The van der Waals surface area contributed by atoms with Crippen LogP contribution in [-0.2, 0) is 0 Å². The van der Waals surface area contributed by atoms with E-state index >= 15 is 0 Å². The summed E-state index contributed by atoms with van der Waals surface area (Å²) in [5.41, 5.74) is 0.863. The number of para-hydroxylation sites is 1. The van der Waals surface area contributed by atoms with E-state index in [9.17, 15) is 0 Å². The Labute approximate surface area is 108 Å². The summed E-state index contributed by atoms with van der Waals surface area (Å²) >= 11 is 6.10. The summed E-state index contributed by atoms with van der Waals surface area (Å²) in [6, 6.07) is 8.18. The number of rotatable bonds is 3. The minimum Gasteiger partial charge on any atom is -0.354 e. The van der Waals surface area contributed by atoms with Crippen LogP contribution in [0, 0.1) is 0 Å². The first-order chi connectivity index (χ1) is 7.99. The van der Waals surface area contributed by atoms with Gasteiger partial charge in [-0.1, -0.05) is 23.7 Å². The maximum absolute atomic E-state index is 6.10. The van der Waals surface area contributed by atoms with E-state index in [2.05, 4.69) is 29.5 Å². The molecule has 17 heavy (non-hydrogen) atoms. The van der Waals surface area contributed by atoms with Crippen LogP contribution in [0.4, 0.5) is 5.69 Å². The summed E-state index contributed by atoms with van der Waals surface area (Å²) in [4.78, 5) is 4.49. The van der Waals surface area contributed by atoms with E-state index in [4.69, 9.17) is 11.6 Å². The van der Waals surface area contributed by atoms with Gasteiger partial charge in [-0.3, -0.25) is 4.99 Å². The molecule has 0 spiro atoms. The lowest BCUT2D eigenvalue weighted by molar-refractivity contribution is 0.717. The van der Waals surface area contributed by atoms with E-state index in [1.54, 1.807) is 0 Å². The first-order valence-corrected chi connectivity index (χ1v) is 6.22. The molecule has 1 aromatic rings. The Balaban J connectivity index is 2.83. The SMILES string of the molecule is CC(C)N=C(Nc1ccccc1Cl)NC(C)C. The van der Waals surface area contributed by atoms with Gasteiger partial charge in [-0.15, -0.1) is 0 Å². The third-order valence-electron chi connectivity index (χ3n) is 1.94. The number of halogens is 1. The molecule has 0 aliphatic rings. The average Bonchev–Trinajstić information content (AvgIpc) is 2.19. The summed E-state index contributed by atoms with van der Waals surface area (Å²) in [5.74, 6) is 0.753. The first kappa shape index (κ1) is 13.8. The summed E-state index contributed by atoms with van der Waals surface area (Å²) in [6.45, 7) is 8.22. The Bertz CT molecular complexity index is 386. The van der Waals surface area contributed by atoms with Crippen LogP contribution in [0.1, 0.15) is 27.7 Å². The van der Waals surface area contributed by atoms with Crippen molar-refractivity contribution in [2.24, 2.45) is 4.99 Å². The molecule has 4 heteroatoms. The molecule has 0 aromatic heterocycles. The lowest BCUT2D eigenvalue weighted by Crippen LogP contribution is -2.36. The molecule has 1 aromatic carbocycles. The maximum atomic E-state index is 6.10. The smallest absolute Gasteiger partial charge is 0.196 e. The molecule has 0 saturated heterocycles. The van der Waals surface area contributed by atoms with Gasteiger partial charge in [-0.05, 0) is 39.8 Å². The third kappa shape index (κ3) is 5.09. The molecule has 0 saturated carbocycles. The molecule has 0 radical (unpaired) electrons. The molecule has 0 atom stereocenters. The van der Waals surface area contributed by atoms with Crippen LogP contribution >= 0.6 is 11.6 Å². The van der Waals surface area contributed by atoms with Gasteiger partial charge in [-0.25, -0.2) is 0 Å². The molecule has 2 N–H and O–H groups in total. The normalized spacial score (nSPS) is 12.1. The van der Waals surface area contributed by atoms with Crippen molar-refractivity contribution in [3.05, 3.63) is 29.3 Å². The maximum Gasteiger partial charge on any atom is 0.196 e. The van der Waals surface area contributed by atoms with Crippen LogP contribution in [-0.4, -0.2) is 18.0 Å². The van der Waals surface area contributed by atoms with Gasteiger partial charge in [0.25, 0.3) is 0 Å². The topological polar surface area (TPSA) is 36.4 Å². The Kier molecular flexibility index (Phi) is 5.29. The van der Waals surface area contributed by atoms with Crippen molar-refractivity contribution >= 4 is 23.2 Å². The monoisotopic (exact) mass is 253 g/mol. The van der Waals surface area contributed by atoms with Gasteiger partial charge >= 0.3 is 0 Å². The predicted molar refractivity (Wildman–Crippen MR) is 75.9 cm³/mol. The third-order valence-corrected chi connectivity index (χ3v) is 2.27. The van der Waals surface area contributed by atoms with Crippen molar-refractivity contribution in [1.29, 1.82) is 0 Å². The van der Waals surface area contributed by atoms with Gasteiger partial charge in [0, 0.05) is 12.1 Å². The van der Waals surface area contributed by atoms with Crippen molar-refractivity contribution < 1.29 is 0 Å². The summed E-state index contributed by atoms with van der Waals surface area (Å²) in [7, 11) is 0. The molecular weight excluding hydrogens is 234 g/mol. The summed E-state index contributed by atoms with van der Waals surface area (Å²) in [5, 5.41) is 7.17. The largest absolute Gasteiger partial charge is 0.354 e. The Morgan fingerprint density at radius 2 is 1.82 bits per heavy atom. The lowest BCUT2D eigenvalue weighted by atomic mass is 10.3. The number of hydrogen-bond donors (Lipinski definition) is 2. The van der Waals surface area contributed by atoms with Crippen LogP contribution < -0.4 is 10.6 Å². The molecule has 0 aliphatic carbocycles. The van der Waals surface area contributed by atoms with Gasteiger partial charge < -0.3 is 10.6 Å². The fourth-order valence-corrected chi connectivity index (χ4v) is 1.51. The van der Waals surface area contributed by atoms with Gasteiger partial charge in [-0.2, -0.15) is 0 Å².